The van der Waals surface area contributed by atoms with Gasteiger partial charge in [0.25, 0.3) is 0 Å². The zero-order valence-corrected chi connectivity index (χ0v) is 9.89. The number of anilines is 1. The summed E-state index contributed by atoms with van der Waals surface area (Å²) in [7, 11) is 0. The number of carboxylic acids is 1. The molecule has 0 unspecified atom stereocenters. The molecule has 0 bridgehead atoms. The molecule has 0 saturated heterocycles. The average Bonchev–Trinajstić information content (AvgIpc) is 2.38. The van der Waals surface area contributed by atoms with Gasteiger partial charge in [-0.15, -0.1) is 0 Å². The van der Waals surface area contributed by atoms with E-state index in [9.17, 15) is 14.9 Å². The fraction of sp³-hybridized carbons (Fsp3) is 0. The van der Waals surface area contributed by atoms with Crippen LogP contribution in [-0.2, 0) is 0 Å². The lowest BCUT2D eigenvalue weighted by molar-refractivity contribution is -0.384. The topological polar surface area (TPSA) is 141 Å². The molecule has 0 radical (unpaired) electrons. The monoisotopic (exact) mass is 276 g/mol. The van der Waals surface area contributed by atoms with Crippen LogP contribution in [-0.4, -0.2) is 26.0 Å². The van der Waals surface area contributed by atoms with Crippen LogP contribution in [0.2, 0.25) is 0 Å². The van der Waals surface area contributed by atoms with E-state index in [4.69, 9.17) is 15.6 Å². The van der Waals surface area contributed by atoms with Crippen molar-refractivity contribution in [3.63, 3.8) is 0 Å². The lowest BCUT2D eigenvalue weighted by atomic mass is 10.2. The number of aromatic carboxylic acids is 1. The minimum Gasteiger partial charge on any atom is -0.478 e. The Morgan fingerprint density at radius 1 is 1.40 bits per heavy atom. The molecule has 2 aromatic rings. The van der Waals surface area contributed by atoms with E-state index < -0.39 is 10.9 Å². The van der Waals surface area contributed by atoms with Gasteiger partial charge in [0.15, 0.2) is 5.75 Å². The third-order valence-electron chi connectivity index (χ3n) is 2.30. The van der Waals surface area contributed by atoms with Crippen LogP contribution in [0.4, 0.5) is 11.5 Å². The Labute approximate surface area is 111 Å². The molecular weight excluding hydrogens is 268 g/mol. The van der Waals surface area contributed by atoms with Crippen LogP contribution < -0.4 is 10.5 Å². The van der Waals surface area contributed by atoms with E-state index in [-0.39, 0.29) is 28.7 Å². The van der Waals surface area contributed by atoms with Gasteiger partial charge in [-0.3, -0.25) is 15.1 Å². The van der Waals surface area contributed by atoms with Crippen LogP contribution in [0.15, 0.2) is 30.6 Å². The van der Waals surface area contributed by atoms with E-state index in [1.165, 1.54) is 24.5 Å². The third kappa shape index (κ3) is 2.61. The number of hydrogen-bond donors (Lipinski definition) is 2. The summed E-state index contributed by atoms with van der Waals surface area (Å²) in [5.41, 5.74) is 4.94. The van der Waals surface area contributed by atoms with Crippen LogP contribution in [0.25, 0.3) is 0 Å². The van der Waals surface area contributed by atoms with E-state index >= 15 is 0 Å². The summed E-state index contributed by atoms with van der Waals surface area (Å²) >= 11 is 0. The molecule has 0 aliphatic carbocycles. The zero-order chi connectivity index (χ0) is 14.7. The quantitative estimate of drug-likeness (QED) is 0.631. The molecule has 0 fully saturated rings. The molecule has 2 heterocycles. The fourth-order valence-corrected chi connectivity index (χ4v) is 1.41. The highest BCUT2D eigenvalue weighted by Gasteiger charge is 2.16. The lowest BCUT2D eigenvalue weighted by Crippen LogP contribution is -2.03. The Hall–Kier alpha value is -3.23. The first-order valence-electron chi connectivity index (χ1n) is 5.25. The van der Waals surface area contributed by atoms with Gasteiger partial charge < -0.3 is 15.6 Å². The summed E-state index contributed by atoms with van der Waals surface area (Å²) in [5.74, 6) is -1.63. The van der Waals surface area contributed by atoms with Crippen molar-refractivity contribution in [2.75, 3.05) is 5.73 Å². The molecule has 0 aliphatic rings. The summed E-state index contributed by atoms with van der Waals surface area (Å²) in [6.07, 6.45) is 2.50. The second-order valence-corrected chi connectivity index (χ2v) is 3.59. The van der Waals surface area contributed by atoms with Crippen molar-refractivity contribution >= 4 is 17.5 Å². The normalized spacial score (nSPS) is 10.0. The maximum atomic E-state index is 11.0. The van der Waals surface area contributed by atoms with Gasteiger partial charge in [-0.05, 0) is 6.07 Å². The van der Waals surface area contributed by atoms with Crippen molar-refractivity contribution in [3.05, 3.63) is 46.3 Å². The maximum absolute atomic E-state index is 11.0. The number of rotatable bonds is 4. The van der Waals surface area contributed by atoms with Crippen LogP contribution in [0.1, 0.15) is 10.4 Å². The van der Waals surface area contributed by atoms with Crippen molar-refractivity contribution in [1.29, 1.82) is 0 Å². The van der Waals surface area contributed by atoms with Gasteiger partial charge in [0.2, 0.25) is 11.7 Å². The number of nitrogen functional groups attached to an aromatic ring is 1. The van der Waals surface area contributed by atoms with Crippen LogP contribution >= 0.6 is 0 Å². The number of nitro groups is 1. The van der Waals surface area contributed by atoms with E-state index in [1.807, 2.05) is 0 Å². The minimum atomic E-state index is -1.20. The predicted octanol–water partition coefficient (Wildman–Crippen LogP) is 1.46. The Balaban J connectivity index is 2.34. The van der Waals surface area contributed by atoms with Crippen LogP contribution in [0, 0.1) is 10.1 Å². The molecule has 20 heavy (non-hydrogen) atoms. The molecule has 2 aromatic heterocycles. The van der Waals surface area contributed by atoms with E-state index in [2.05, 4.69) is 9.97 Å². The molecule has 0 saturated carbocycles. The van der Waals surface area contributed by atoms with Gasteiger partial charge in [-0.25, -0.2) is 4.79 Å². The Morgan fingerprint density at radius 2 is 2.15 bits per heavy atom. The van der Waals surface area contributed by atoms with Gasteiger partial charge >= 0.3 is 11.7 Å². The number of carbonyl (C=O) groups is 1. The van der Waals surface area contributed by atoms with Gasteiger partial charge in [-0.1, -0.05) is 0 Å². The lowest BCUT2D eigenvalue weighted by Gasteiger charge is -2.07. The highest BCUT2D eigenvalue weighted by molar-refractivity contribution is 5.90. The second-order valence-electron chi connectivity index (χ2n) is 3.59. The average molecular weight is 276 g/mol. The summed E-state index contributed by atoms with van der Waals surface area (Å²) in [6.45, 7) is 0. The first-order valence-corrected chi connectivity index (χ1v) is 5.25. The Morgan fingerprint density at radius 3 is 2.75 bits per heavy atom. The highest BCUT2D eigenvalue weighted by Crippen LogP contribution is 2.27. The van der Waals surface area contributed by atoms with Gasteiger partial charge in [-0.2, -0.15) is 4.98 Å². The number of nitrogens with two attached hydrogens (primary N) is 1. The standard InChI is InChI=1S/C11H8N4O5/c12-10-7(15(18)19)1-2-9(14-10)20-8-5-13-4-3-6(8)11(16)17/h1-5H,(H2,12,14)(H,16,17). The fourth-order valence-electron chi connectivity index (χ4n) is 1.41. The molecule has 102 valence electrons. The molecule has 2 rings (SSSR count). The molecule has 9 heteroatoms. The number of pyridine rings is 2. The molecule has 9 nitrogen and oxygen atoms in total. The number of nitrogens with zero attached hydrogens (tertiary/aromatic N) is 3. The number of aromatic nitrogens is 2. The maximum Gasteiger partial charge on any atom is 0.339 e. The van der Waals surface area contributed by atoms with Crippen LogP contribution in [0.3, 0.4) is 0 Å². The minimum absolute atomic E-state index is 0.0410. The zero-order valence-electron chi connectivity index (χ0n) is 9.89. The third-order valence-corrected chi connectivity index (χ3v) is 2.30. The second kappa shape index (κ2) is 5.18. The van der Waals surface area contributed by atoms with Gasteiger partial charge in [0.1, 0.15) is 5.56 Å². The first kappa shape index (κ1) is 13.2. The molecule has 3 N–H and O–H groups in total. The SMILES string of the molecule is Nc1nc(Oc2cnccc2C(=O)O)ccc1[N+](=O)[O-]. The number of hydrogen-bond acceptors (Lipinski definition) is 7. The van der Waals surface area contributed by atoms with E-state index in [1.54, 1.807) is 0 Å². The smallest absolute Gasteiger partial charge is 0.339 e. The van der Waals surface area contributed by atoms with Crippen molar-refractivity contribution < 1.29 is 19.6 Å². The molecule has 0 aliphatic heterocycles. The van der Waals surface area contributed by atoms with Crippen molar-refractivity contribution in [2.24, 2.45) is 0 Å². The van der Waals surface area contributed by atoms with Crippen molar-refractivity contribution in [1.82, 2.24) is 9.97 Å². The van der Waals surface area contributed by atoms with E-state index in [0.717, 1.165) is 6.07 Å². The summed E-state index contributed by atoms with van der Waals surface area (Å²) in [5, 5.41) is 19.6. The molecular formula is C11H8N4O5. The predicted molar refractivity (Wildman–Crippen MR) is 66.6 cm³/mol. The van der Waals surface area contributed by atoms with Gasteiger partial charge in [0, 0.05) is 18.3 Å². The Bertz CT molecular complexity index is 688. The summed E-state index contributed by atoms with van der Waals surface area (Å²) < 4.78 is 5.23. The molecule has 0 atom stereocenters. The van der Waals surface area contributed by atoms with Crippen molar-refractivity contribution in [2.45, 2.75) is 0 Å². The molecule has 0 amide bonds. The van der Waals surface area contributed by atoms with Crippen molar-refractivity contribution in [3.8, 4) is 11.6 Å². The summed E-state index contributed by atoms with van der Waals surface area (Å²) in [6, 6.07) is 3.59. The van der Waals surface area contributed by atoms with Crippen LogP contribution in [0.5, 0.6) is 11.6 Å². The largest absolute Gasteiger partial charge is 0.478 e. The number of ether oxygens (including phenoxy) is 1. The molecule has 0 aromatic carbocycles. The van der Waals surface area contributed by atoms with E-state index in [0.29, 0.717) is 0 Å². The Kier molecular flexibility index (Phi) is 3.42. The molecule has 0 spiro atoms. The van der Waals surface area contributed by atoms with Gasteiger partial charge in [0.05, 0.1) is 11.1 Å². The number of carboxylic acid groups (broad SMARTS) is 1. The first-order chi connectivity index (χ1) is 9.49. The summed E-state index contributed by atoms with van der Waals surface area (Å²) in [4.78, 5) is 28.3. The highest BCUT2D eigenvalue weighted by atomic mass is 16.6.